The Morgan fingerprint density at radius 1 is 1.00 bits per heavy atom. The van der Waals surface area contributed by atoms with Crippen molar-refractivity contribution in [2.45, 2.75) is 6.42 Å². The van der Waals surface area contributed by atoms with E-state index in [-0.39, 0.29) is 0 Å². The maximum absolute atomic E-state index is 5.84. The monoisotopic (exact) mass is 359 g/mol. The van der Waals surface area contributed by atoms with Crippen molar-refractivity contribution in [3.8, 4) is 0 Å². The lowest BCUT2D eigenvalue weighted by Crippen LogP contribution is -2.51. The molecule has 22 heavy (non-hydrogen) atoms. The summed E-state index contributed by atoms with van der Waals surface area (Å²) >= 11 is 16.1. The minimum Gasteiger partial charge on any atom is -0.361 e. The predicted molar refractivity (Wildman–Crippen MR) is 101 cm³/mol. The zero-order valence-corrected chi connectivity index (χ0v) is 15.2. The van der Waals surface area contributed by atoms with Gasteiger partial charge in [0.05, 0.1) is 0 Å². The Bertz CT molecular complexity index is 479. The lowest BCUT2D eigenvalue weighted by Gasteiger charge is -2.15. The van der Waals surface area contributed by atoms with Gasteiger partial charge < -0.3 is 15.5 Å². The summed E-state index contributed by atoms with van der Waals surface area (Å²) in [7, 11) is 4.02. The van der Waals surface area contributed by atoms with Gasteiger partial charge in [-0.15, -0.1) is 0 Å². The van der Waals surface area contributed by atoms with Crippen LogP contribution in [0.5, 0.6) is 0 Å². The molecule has 0 radical (unpaired) electrons. The fourth-order valence-corrected chi connectivity index (χ4v) is 2.00. The Morgan fingerprint density at radius 3 is 2.09 bits per heavy atom. The second kappa shape index (κ2) is 10.6. The van der Waals surface area contributed by atoms with Crippen molar-refractivity contribution in [1.29, 1.82) is 0 Å². The molecule has 0 spiro atoms. The number of nitrogens with one attached hydrogen (secondary N) is 4. The molecule has 0 amide bonds. The topological polar surface area (TPSA) is 51.4 Å². The summed E-state index contributed by atoms with van der Waals surface area (Å²) in [5.74, 6) is 0. The predicted octanol–water partition coefficient (Wildman–Crippen LogP) is 1.29. The van der Waals surface area contributed by atoms with Gasteiger partial charge in [-0.1, -0.05) is 23.7 Å². The molecule has 0 fully saturated rings. The van der Waals surface area contributed by atoms with E-state index in [2.05, 4.69) is 26.4 Å². The number of nitrogens with zero attached hydrogens (tertiary/aromatic N) is 1. The van der Waals surface area contributed by atoms with Crippen LogP contribution in [0.15, 0.2) is 24.3 Å². The number of hydrogen-bond donors (Lipinski definition) is 4. The second-order valence-electron chi connectivity index (χ2n) is 4.94. The van der Waals surface area contributed by atoms with E-state index in [1.165, 1.54) is 5.56 Å². The van der Waals surface area contributed by atoms with Crippen LogP contribution in [0.3, 0.4) is 0 Å². The van der Waals surface area contributed by atoms with Gasteiger partial charge >= 0.3 is 0 Å². The normalized spacial score (nSPS) is 10.2. The molecule has 0 bridgehead atoms. The van der Waals surface area contributed by atoms with Crippen molar-refractivity contribution >= 4 is 46.3 Å². The molecule has 0 aliphatic rings. The van der Waals surface area contributed by atoms with Crippen molar-refractivity contribution in [3.05, 3.63) is 34.9 Å². The molecular formula is C14H22ClN5S2. The number of hydrogen-bond acceptors (Lipinski definition) is 3. The van der Waals surface area contributed by atoms with Crippen molar-refractivity contribution in [2.75, 3.05) is 33.7 Å². The van der Waals surface area contributed by atoms with E-state index in [4.69, 9.17) is 36.0 Å². The van der Waals surface area contributed by atoms with E-state index in [1.54, 1.807) is 0 Å². The molecule has 122 valence electrons. The molecule has 8 heteroatoms. The van der Waals surface area contributed by atoms with Gasteiger partial charge in [-0.05, 0) is 62.6 Å². The van der Waals surface area contributed by atoms with Gasteiger partial charge in [0.25, 0.3) is 0 Å². The minimum atomic E-state index is 0.505. The van der Waals surface area contributed by atoms with Crippen LogP contribution >= 0.6 is 36.0 Å². The lowest BCUT2D eigenvalue weighted by atomic mass is 10.1. The van der Waals surface area contributed by atoms with Crippen LogP contribution in [0.2, 0.25) is 5.02 Å². The minimum absolute atomic E-state index is 0.505. The van der Waals surface area contributed by atoms with E-state index >= 15 is 0 Å². The molecule has 5 nitrogen and oxygen atoms in total. The Labute approximate surface area is 147 Å². The molecule has 1 aromatic carbocycles. The number of hydrazine groups is 1. The first-order chi connectivity index (χ1) is 10.5. The van der Waals surface area contributed by atoms with Crippen molar-refractivity contribution in [3.63, 3.8) is 0 Å². The fraction of sp³-hybridized carbons (Fsp3) is 0.429. The van der Waals surface area contributed by atoms with Crippen LogP contribution in [0.25, 0.3) is 0 Å². The summed E-state index contributed by atoms with van der Waals surface area (Å²) in [6.45, 7) is 2.42. The van der Waals surface area contributed by atoms with Gasteiger partial charge in [-0.3, -0.25) is 10.9 Å². The first-order valence-electron chi connectivity index (χ1n) is 6.94. The largest absolute Gasteiger partial charge is 0.361 e. The number of thiocarbonyl (C=S) groups is 2. The zero-order valence-electron chi connectivity index (χ0n) is 12.8. The quantitative estimate of drug-likeness (QED) is 0.451. The SMILES string of the molecule is CN(C)CCNC(=S)NNC(=S)NCCc1ccc(Cl)cc1. The molecule has 0 atom stereocenters. The summed E-state index contributed by atoms with van der Waals surface area (Å²) in [4.78, 5) is 2.08. The van der Waals surface area contributed by atoms with Gasteiger partial charge in [0.2, 0.25) is 0 Å². The van der Waals surface area contributed by atoms with Gasteiger partial charge in [0.15, 0.2) is 10.2 Å². The summed E-state index contributed by atoms with van der Waals surface area (Å²) in [5.41, 5.74) is 6.89. The third kappa shape index (κ3) is 8.99. The molecule has 0 heterocycles. The molecule has 0 aliphatic carbocycles. The molecule has 1 aromatic rings. The molecular weight excluding hydrogens is 338 g/mol. The van der Waals surface area contributed by atoms with Crippen molar-refractivity contribution < 1.29 is 0 Å². The Kier molecular flexibility index (Phi) is 9.07. The highest BCUT2D eigenvalue weighted by molar-refractivity contribution is 7.80. The van der Waals surface area contributed by atoms with E-state index in [0.717, 1.165) is 31.1 Å². The van der Waals surface area contributed by atoms with Gasteiger partial charge in [-0.2, -0.15) is 0 Å². The Balaban J connectivity index is 2.10. The summed E-state index contributed by atoms with van der Waals surface area (Å²) in [6.07, 6.45) is 0.866. The average molecular weight is 360 g/mol. The number of rotatable bonds is 6. The first kappa shape index (κ1) is 18.9. The maximum atomic E-state index is 5.84. The van der Waals surface area contributed by atoms with E-state index in [0.29, 0.717) is 10.2 Å². The fourth-order valence-electron chi connectivity index (χ4n) is 1.57. The Morgan fingerprint density at radius 2 is 1.55 bits per heavy atom. The van der Waals surface area contributed by atoms with Crippen molar-refractivity contribution in [1.82, 2.24) is 26.4 Å². The highest BCUT2D eigenvalue weighted by atomic mass is 35.5. The van der Waals surface area contributed by atoms with Crippen LogP contribution in [-0.4, -0.2) is 48.9 Å². The number of benzene rings is 1. The van der Waals surface area contributed by atoms with Gasteiger partial charge in [-0.25, -0.2) is 0 Å². The summed E-state index contributed by atoms with van der Waals surface area (Å²) in [6, 6.07) is 7.77. The van der Waals surface area contributed by atoms with E-state index < -0.39 is 0 Å². The molecule has 0 saturated carbocycles. The number of likely N-dealkylation sites (N-methyl/N-ethyl adjacent to an activating group) is 1. The maximum Gasteiger partial charge on any atom is 0.185 e. The smallest absolute Gasteiger partial charge is 0.185 e. The molecule has 1 rings (SSSR count). The highest BCUT2D eigenvalue weighted by Gasteiger charge is 1.99. The molecule has 0 saturated heterocycles. The highest BCUT2D eigenvalue weighted by Crippen LogP contribution is 2.09. The van der Waals surface area contributed by atoms with Gasteiger partial charge in [0, 0.05) is 24.7 Å². The third-order valence-corrected chi connectivity index (χ3v) is 3.49. The zero-order chi connectivity index (χ0) is 16.4. The average Bonchev–Trinajstić information content (AvgIpc) is 2.47. The van der Waals surface area contributed by atoms with E-state index in [1.807, 2.05) is 38.4 Å². The summed E-state index contributed by atoms with van der Waals surface area (Å²) < 4.78 is 0. The molecule has 0 aliphatic heterocycles. The Hall–Kier alpha value is -1.15. The van der Waals surface area contributed by atoms with Crippen LogP contribution < -0.4 is 21.5 Å². The summed E-state index contributed by atoms with van der Waals surface area (Å²) in [5, 5.41) is 7.94. The third-order valence-electron chi connectivity index (χ3n) is 2.75. The molecule has 0 aromatic heterocycles. The van der Waals surface area contributed by atoms with Crippen LogP contribution in [0, 0.1) is 0 Å². The van der Waals surface area contributed by atoms with Crippen LogP contribution in [0.4, 0.5) is 0 Å². The van der Waals surface area contributed by atoms with Crippen LogP contribution in [-0.2, 0) is 6.42 Å². The van der Waals surface area contributed by atoms with Crippen molar-refractivity contribution in [2.24, 2.45) is 0 Å². The molecule has 0 unspecified atom stereocenters. The second-order valence-corrected chi connectivity index (χ2v) is 6.19. The van der Waals surface area contributed by atoms with Gasteiger partial charge in [0.1, 0.15) is 0 Å². The first-order valence-corrected chi connectivity index (χ1v) is 8.13. The standard InChI is InChI=1S/C14H22ClN5S2/c1-20(2)10-9-17-14(22)19-18-13(21)16-8-7-11-3-5-12(15)6-4-11/h3-6H,7-10H2,1-2H3,(H2,16,18,21)(H2,17,19,22). The van der Waals surface area contributed by atoms with E-state index in [9.17, 15) is 0 Å². The number of halogens is 1. The lowest BCUT2D eigenvalue weighted by molar-refractivity contribution is 0.412. The molecule has 4 N–H and O–H groups in total. The van der Waals surface area contributed by atoms with Crippen LogP contribution in [0.1, 0.15) is 5.56 Å².